The van der Waals surface area contributed by atoms with Crippen LogP contribution in [0.15, 0.2) is 34.7 Å². The minimum Gasteiger partial charge on any atom is -0.300 e. The fraction of sp³-hybridized carbons (Fsp3) is 0.444. The Hall–Kier alpha value is -1.73. The van der Waals surface area contributed by atoms with Crippen molar-refractivity contribution in [2.24, 2.45) is 5.92 Å². The van der Waals surface area contributed by atoms with Gasteiger partial charge in [0.05, 0.1) is 5.75 Å². The molecule has 1 aromatic heterocycles. The van der Waals surface area contributed by atoms with Crippen LogP contribution in [0.1, 0.15) is 49.9 Å². The minimum absolute atomic E-state index is 0.00371. The second-order valence-corrected chi connectivity index (χ2v) is 7.89. The van der Waals surface area contributed by atoms with Gasteiger partial charge in [0.1, 0.15) is 0 Å². The predicted molar refractivity (Wildman–Crippen MR) is 103 cm³/mol. The average molecular weight is 378 g/mol. The molecule has 0 spiro atoms. The third kappa shape index (κ3) is 6.25. The molecule has 0 fully saturated rings. The molecule has 0 saturated heterocycles. The van der Waals surface area contributed by atoms with Crippen LogP contribution in [0, 0.1) is 5.92 Å². The van der Waals surface area contributed by atoms with Gasteiger partial charge in [0.2, 0.25) is 11.0 Å². The van der Waals surface area contributed by atoms with Crippen molar-refractivity contribution in [1.29, 1.82) is 0 Å². The Morgan fingerprint density at radius 2 is 1.96 bits per heavy atom. The first-order chi connectivity index (χ1) is 12.1. The zero-order chi connectivity index (χ0) is 18.1. The van der Waals surface area contributed by atoms with Crippen molar-refractivity contribution in [2.45, 2.75) is 43.9 Å². The highest BCUT2D eigenvalue weighted by Crippen LogP contribution is 2.27. The predicted octanol–water partition coefficient (Wildman–Crippen LogP) is 4.67. The number of rotatable bonds is 10. The number of unbranched alkanes of at least 4 members (excludes halogenated alkanes) is 1. The van der Waals surface area contributed by atoms with Crippen LogP contribution in [0.25, 0.3) is 0 Å². The largest absolute Gasteiger partial charge is 0.300 e. The van der Waals surface area contributed by atoms with E-state index in [-0.39, 0.29) is 17.6 Å². The average Bonchev–Trinajstić information content (AvgIpc) is 3.08. The van der Waals surface area contributed by atoms with E-state index in [0.717, 1.165) is 25.7 Å². The Bertz CT molecular complexity index is 689. The van der Waals surface area contributed by atoms with Gasteiger partial charge in [0.15, 0.2) is 10.1 Å². The summed E-state index contributed by atoms with van der Waals surface area (Å²) in [6.45, 7) is 4.14. The summed E-state index contributed by atoms with van der Waals surface area (Å²) in [6, 6.07) is 9.18. The molecule has 1 amide bonds. The van der Waals surface area contributed by atoms with Gasteiger partial charge in [-0.05, 0) is 12.8 Å². The zero-order valence-corrected chi connectivity index (χ0v) is 16.2. The molecule has 1 unspecified atom stereocenters. The molecule has 1 atom stereocenters. The molecule has 1 N–H and O–H groups in total. The maximum atomic E-state index is 12.3. The van der Waals surface area contributed by atoms with Crippen LogP contribution in [0.5, 0.6) is 0 Å². The van der Waals surface area contributed by atoms with Gasteiger partial charge in [-0.25, -0.2) is 0 Å². The number of ketones is 1. The molecule has 7 heteroatoms. The van der Waals surface area contributed by atoms with Gasteiger partial charge in [-0.15, -0.1) is 10.2 Å². The Morgan fingerprint density at radius 1 is 1.20 bits per heavy atom. The maximum Gasteiger partial charge on any atom is 0.229 e. The number of amides is 1. The number of anilines is 1. The van der Waals surface area contributed by atoms with Crippen molar-refractivity contribution >= 4 is 39.9 Å². The van der Waals surface area contributed by atoms with Gasteiger partial charge >= 0.3 is 0 Å². The Balaban J connectivity index is 1.85. The standard InChI is InChI=1S/C18H23N3O2S2/c1-3-5-9-13(4-2)16(23)19-17-20-21-18(25-17)24-12-15(22)14-10-7-6-8-11-14/h6-8,10-11,13H,3-5,9,12H2,1-2H3,(H,19,20,23). The number of hydrogen-bond acceptors (Lipinski definition) is 6. The van der Waals surface area contributed by atoms with Gasteiger partial charge in [0.25, 0.3) is 0 Å². The van der Waals surface area contributed by atoms with Crippen molar-refractivity contribution < 1.29 is 9.59 Å². The van der Waals surface area contributed by atoms with Crippen LogP contribution in [-0.2, 0) is 4.79 Å². The fourth-order valence-electron chi connectivity index (χ4n) is 2.33. The van der Waals surface area contributed by atoms with Gasteiger partial charge in [-0.1, -0.05) is 80.1 Å². The molecule has 134 valence electrons. The highest BCUT2D eigenvalue weighted by Gasteiger charge is 2.18. The van der Waals surface area contributed by atoms with Crippen molar-refractivity contribution in [2.75, 3.05) is 11.1 Å². The Kier molecular flexibility index (Phi) is 8.08. The van der Waals surface area contributed by atoms with E-state index in [2.05, 4.69) is 22.4 Å². The van der Waals surface area contributed by atoms with E-state index in [1.807, 2.05) is 25.1 Å². The van der Waals surface area contributed by atoms with Gasteiger partial charge in [-0.3, -0.25) is 9.59 Å². The first-order valence-electron chi connectivity index (χ1n) is 8.49. The molecule has 1 aromatic carbocycles. The van der Waals surface area contributed by atoms with Crippen molar-refractivity contribution in [3.05, 3.63) is 35.9 Å². The van der Waals surface area contributed by atoms with Crippen LogP contribution < -0.4 is 5.32 Å². The van der Waals surface area contributed by atoms with Crippen molar-refractivity contribution in [1.82, 2.24) is 10.2 Å². The monoisotopic (exact) mass is 377 g/mol. The van der Waals surface area contributed by atoms with Crippen molar-refractivity contribution in [3.8, 4) is 0 Å². The zero-order valence-electron chi connectivity index (χ0n) is 14.5. The third-order valence-corrected chi connectivity index (χ3v) is 5.80. The number of nitrogens with zero attached hydrogens (tertiary/aromatic N) is 2. The quantitative estimate of drug-likeness (QED) is 0.370. The molecule has 5 nitrogen and oxygen atoms in total. The highest BCUT2D eigenvalue weighted by atomic mass is 32.2. The normalized spacial score (nSPS) is 11.9. The van der Waals surface area contributed by atoms with E-state index in [1.165, 1.54) is 23.1 Å². The smallest absolute Gasteiger partial charge is 0.229 e. The lowest BCUT2D eigenvalue weighted by Gasteiger charge is -2.12. The molecule has 0 radical (unpaired) electrons. The van der Waals surface area contributed by atoms with Crippen LogP contribution in [0.3, 0.4) is 0 Å². The lowest BCUT2D eigenvalue weighted by Crippen LogP contribution is -2.22. The molecule has 0 aliphatic heterocycles. The molecular formula is C18H23N3O2S2. The topological polar surface area (TPSA) is 72.0 Å². The van der Waals surface area contributed by atoms with Gasteiger partial charge in [-0.2, -0.15) is 0 Å². The summed E-state index contributed by atoms with van der Waals surface area (Å²) < 4.78 is 0.682. The van der Waals surface area contributed by atoms with Crippen LogP contribution in [0.2, 0.25) is 0 Å². The van der Waals surface area contributed by atoms with Crippen LogP contribution >= 0.6 is 23.1 Å². The minimum atomic E-state index is 0.00371. The molecule has 0 bridgehead atoms. The summed E-state index contributed by atoms with van der Waals surface area (Å²) in [5, 5.41) is 11.4. The summed E-state index contributed by atoms with van der Waals surface area (Å²) in [5.41, 5.74) is 0.690. The second kappa shape index (κ2) is 10.3. The van der Waals surface area contributed by atoms with E-state index < -0.39 is 0 Å². The summed E-state index contributed by atoms with van der Waals surface area (Å²) in [7, 11) is 0. The summed E-state index contributed by atoms with van der Waals surface area (Å²) in [4.78, 5) is 24.4. The van der Waals surface area contributed by atoms with E-state index in [4.69, 9.17) is 0 Å². The molecule has 0 aliphatic carbocycles. The first-order valence-corrected chi connectivity index (χ1v) is 10.3. The number of carbonyl (C=O) groups excluding carboxylic acids is 2. The third-order valence-electron chi connectivity index (χ3n) is 3.83. The number of hydrogen-bond donors (Lipinski definition) is 1. The number of carbonyl (C=O) groups is 2. The molecule has 2 aromatic rings. The lowest BCUT2D eigenvalue weighted by molar-refractivity contribution is -0.120. The molecule has 1 heterocycles. The Labute approximate surface area is 156 Å². The molecule has 25 heavy (non-hydrogen) atoms. The number of thioether (sulfide) groups is 1. The molecule has 0 saturated carbocycles. The van der Waals surface area contributed by atoms with E-state index in [0.29, 0.717) is 20.8 Å². The summed E-state index contributed by atoms with van der Waals surface area (Å²) in [5.74, 6) is 0.376. The number of Topliss-reactive ketones (excluding diaryl/α,β-unsaturated/α-hetero) is 1. The van der Waals surface area contributed by atoms with Crippen LogP contribution in [0.4, 0.5) is 5.13 Å². The second-order valence-electron chi connectivity index (χ2n) is 5.69. The molecule has 0 aliphatic rings. The molecule has 2 rings (SSSR count). The first kappa shape index (κ1) is 19.6. The fourth-order valence-corrected chi connectivity index (χ4v) is 3.98. The van der Waals surface area contributed by atoms with Crippen LogP contribution in [-0.4, -0.2) is 27.6 Å². The van der Waals surface area contributed by atoms with E-state index in [9.17, 15) is 9.59 Å². The lowest BCUT2D eigenvalue weighted by atomic mass is 9.99. The van der Waals surface area contributed by atoms with Crippen molar-refractivity contribution in [3.63, 3.8) is 0 Å². The van der Waals surface area contributed by atoms with Gasteiger partial charge < -0.3 is 5.32 Å². The van der Waals surface area contributed by atoms with E-state index >= 15 is 0 Å². The van der Waals surface area contributed by atoms with E-state index in [1.54, 1.807) is 12.1 Å². The number of benzene rings is 1. The highest BCUT2D eigenvalue weighted by molar-refractivity contribution is 8.01. The maximum absolute atomic E-state index is 12.3. The molecular weight excluding hydrogens is 354 g/mol. The summed E-state index contributed by atoms with van der Waals surface area (Å²) in [6.07, 6.45) is 3.84. The number of nitrogens with one attached hydrogen (secondary N) is 1. The van der Waals surface area contributed by atoms with Gasteiger partial charge in [0, 0.05) is 11.5 Å². The SMILES string of the molecule is CCCCC(CC)C(=O)Nc1nnc(SCC(=O)c2ccccc2)s1. The summed E-state index contributed by atoms with van der Waals surface area (Å²) >= 11 is 2.65. The Morgan fingerprint density at radius 3 is 2.64 bits per heavy atom. The number of aromatic nitrogens is 2.